The molecule has 1 unspecified atom stereocenters. The lowest BCUT2D eigenvalue weighted by Gasteiger charge is -2.33. The fraction of sp³-hybridized carbons (Fsp3) is 0.889. The van der Waals surface area contributed by atoms with Crippen LogP contribution in [0.25, 0.3) is 0 Å². The molecule has 0 heterocycles. The molecule has 0 aromatic heterocycles. The first kappa shape index (κ1) is 14.2. The van der Waals surface area contributed by atoms with E-state index in [0.717, 1.165) is 17.8 Å². The summed E-state index contributed by atoms with van der Waals surface area (Å²) in [7, 11) is 0. The highest BCUT2D eigenvalue weighted by Gasteiger charge is 2.26. The zero-order valence-corrected chi connectivity index (χ0v) is 12.4. The molecule has 0 nitrogen and oxygen atoms in total. The second-order valence-corrected chi connectivity index (χ2v) is 6.70. The minimum Gasteiger partial charge on any atom is -0.0917 e. The highest BCUT2D eigenvalue weighted by atomic mass is 14.3. The zero-order chi connectivity index (χ0) is 12.6. The Morgan fingerprint density at radius 2 is 1.50 bits per heavy atom. The molecule has 0 radical (unpaired) electrons. The summed E-state index contributed by atoms with van der Waals surface area (Å²) >= 11 is 0. The van der Waals surface area contributed by atoms with Gasteiger partial charge in [-0.1, -0.05) is 76.4 Å². The lowest BCUT2D eigenvalue weighted by atomic mass is 9.72. The van der Waals surface area contributed by atoms with Crippen molar-refractivity contribution < 1.29 is 0 Å². The first-order valence-electron chi connectivity index (χ1n) is 8.51. The number of hydrogen-bond acceptors (Lipinski definition) is 0. The van der Waals surface area contributed by atoms with Crippen molar-refractivity contribution in [3.8, 4) is 0 Å². The van der Waals surface area contributed by atoms with E-state index in [9.17, 15) is 0 Å². The summed E-state index contributed by atoms with van der Waals surface area (Å²) in [5.41, 5.74) is 0. The molecule has 104 valence electrons. The minimum atomic E-state index is 1.00. The fourth-order valence-electron chi connectivity index (χ4n) is 4.25. The van der Waals surface area contributed by atoms with Crippen LogP contribution in [-0.4, -0.2) is 0 Å². The molecule has 0 heteroatoms. The summed E-state index contributed by atoms with van der Waals surface area (Å²) in [5.74, 6) is 3.12. The van der Waals surface area contributed by atoms with Crippen LogP contribution in [0.4, 0.5) is 0 Å². The Bertz CT molecular complexity index is 228. The van der Waals surface area contributed by atoms with Gasteiger partial charge in [-0.3, -0.25) is 0 Å². The Balaban J connectivity index is 1.85. The molecule has 0 N–H and O–H groups in total. The third-order valence-electron chi connectivity index (χ3n) is 5.35. The maximum absolute atomic E-state index is 2.43. The van der Waals surface area contributed by atoms with E-state index in [0.29, 0.717) is 0 Å². The van der Waals surface area contributed by atoms with Gasteiger partial charge in [0.05, 0.1) is 0 Å². The third kappa shape index (κ3) is 4.44. The number of allylic oxidation sites excluding steroid dienone is 2. The van der Waals surface area contributed by atoms with Crippen molar-refractivity contribution in [1.29, 1.82) is 0 Å². The molecule has 1 atom stereocenters. The molecule has 0 saturated heterocycles. The van der Waals surface area contributed by atoms with Crippen molar-refractivity contribution in [2.24, 2.45) is 17.8 Å². The Morgan fingerprint density at radius 1 is 0.889 bits per heavy atom. The van der Waals surface area contributed by atoms with Gasteiger partial charge >= 0.3 is 0 Å². The van der Waals surface area contributed by atoms with Gasteiger partial charge in [-0.25, -0.2) is 0 Å². The first-order chi connectivity index (χ1) is 8.90. The third-order valence-corrected chi connectivity index (χ3v) is 5.35. The summed E-state index contributed by atoms with van der Waals surface area (Å²) in [6, 6.07) is 0. The number of hydrogen-bond donors (Lipinski definition) is 0. The van der Waals surface area contributed by atoms with Crippen LogP contribution in [0, 0.1) is 17.8 Å². The second-order valence-electron chi connectivity index (χ2n) is 6.70. The van der Waals surface area contributed by atoms with E-state index in [1.807, 2.05) is 0 Å². The molecule has 2 saturated carbocycles. The van der Waals surface area contributed by atoms with E-state index in [2.05, 4.69) is 19.1 Å². The molecule has 0 spiro atoms. The standard InChI is InChI=1S/C18H32/c1-2-3-12-18(17-13-8-5-9-14-17)15-16-10-6-4-7-11-16/h2-3,16-18H,4-15H2,1H3. The summed E-state index contributed by atoms with van der Waals surface area (Å²) < 4.78 is 0. The topological polar surface area (TPSA) is 0 Å². The van der Waals surface area contributed by atoms with Gasteiger partial charge in [0.1, 0.15) is 0 Å². The van der Waals surface area contributed by atoms with E-state index in [-0.39, 0.29) is 0 Å². The molecule has 2 aliphatic rings. The second kappa shape index (κ2) is 8.02. The maximum atomic E-state index is 2.43. The molecule has 0 aromatic carbocycles. The molecule has 0 bridgehead atoms. The smallest absolute Gasteiger partial charge is 0.0320 e. The molecular weight excluding hydrogens is 216 g/mol. The van der Waals surface area contributed by atoms with E-state index >= 15 is 0 Å². The van der Waals surface area contributed by atoms with Crippen LogP contribution in [0.2, 0.25) is 0 Å². The van der Waals surface area contributed by atoms with E-state index in [1.54, 1.807) is 0 Å². The monoisotopic (exact) mass is 248 g/mol. The average Bonchev–Trinajstić information content (AvgIpc) is 2.45. The van der Waals surface area contributed by atoms with Crippen LogP contribution in [0.15, 0.2) is 12.2 Å². The van der Waals surface area contributed by atoms with Gasteiger partial charge < -0.3 is 0 Å². The molecular formula is C18H32. The van der Waals surface area contributed by atoms with Crippen LogP contribution in [0.5, 0.6) is 0 Å². The Labute approximate surface area is 114 Å². The molecule has 2 aliphatic carbocycles. The van der Waals surface area contributed by atoms with Crippen LogP contribution in [0.1, 0.15) is 84.0 Å². The molecule has 0 amide bonds. The Hall–Kier alpha value is -0.260. The predicted molar refractivity (Wildman–Crippen MR) is 80.7 cm³/mol. The quantitative estimate of drug-likeness (QED) is 0.514. The summed E-state index contributed by atoms with van der Waals surface area (Å²) in [6.45, 7) is 2.18. The van der Waals surface area contributed by atoms with Crippen molar-refractivity contribution >= 4 is 0 Å². The van der Waals surface area contributed by atoms with Crippen molar-refractivity contribution in [1.82, 2.24) is 0 Å². The van der Waals surface area contributed by atoms with E-state index in [1.165, 1.54) is 77.0 Å². The van der Waals surface area contributed by atoms with Gasteiger partial charge in [0, 0.05) is 0 Å². The van der Waals surface area contributed by atoms with Gasteiger partial charge in [-0.05, 0) is 37.5 Å². The normalized spacial score (nSPS) is 25.6. The zero-order valence-electron chi connectivity index (χ0n) is 12.4. The van der Waals surface area contributed by atoms with Gasteiger partial charge in [0.15, 0.2) is 0 Å². The molecule has 2 fully saturated rings. The predicted octanol–water partition coefficient (Wildman–Crippen LogP) is 6.12. The maximum Gasteiger partial charge on any atom is -0.0320 e. The van der Waals surface area contributed by atoms with Gasteiger partial charge in [-0.2, -0.15) is 0 Å². The van der Waals surface area contributed by atoms with Gasteiger partial charge in [0.25, 0.3) is 0 Å². The van der Waals surface area contributed by atoms with E-state index < -0.39 is 0 Å². The minimum absolute atomic E-state index is 1.00. The van der Waals surface area contributed by atoms with Crippen LogP contribution >= 0.6 is 0 Å². The Morgan fingerprint density at radius 3 is 2.11 bits per heavy atom. The lowest BCUT2D eigenvalue weighted by molar-refractivity contribution is 0.191. The largest absolute Gasteiger partial charge is 0.0917 e. The molecule has 0 aromatic rings. The van der Waals surface area contributed by atoms with Crippen LogP contribution < -0.4 is 0 Å². The summed E-state index contributed by atoms with van der Waals surface area (Å²) in [5, 5.41) is 0. The van der Waals surface area contributed by atoms with Crippen molar-refractivity contribution in [3.05, 3.63) is 12.2 Å². The summed E-state index contributed by atoms with van der Waals surface area (Å²) in [6.07, 6.45) is 22.7. The Kier molecular flexibility index (Phi) is 6.31. The fourth-order valence-corrected chi connectivity index (χ4v) is 4.25. The highest BCUT2D eigenvalue weighted by Crippen LogP contribution is 2.38. The van der Waals surface area contributed by atoms with Gasteiger partial charge in [-0.15, -0.1) is 0 Å². The van der Waals surface area contributed by atoms with Crippen LogP contribution in [0.3, 0.4) is 0 Å². The first-order valence-corrected chi connectivity index (χ1v) is 8.51. The van der Waals surface area contributed by atoms with Crippen LogP contribution in [-0.2, 0) is 0 Å². The van der Waals surface area contributed by atoms with Crippen molar-refractivity contribution in [2.75, 3.05) is 0 Å². The van der Waals surface area contributed by atoms with Crippen molar-refractivity contribution in [3.63, 3.8) is 0 Å². The van der Waals surface area contributed by atoms with Crippen molar-refractivity contribution in [2.45, 2.75) is 84.0 Å². The molecule has 18 heavy (non-hydrogen) atoms. The SMILES string of the molecule is CC=CCC(CC1CCCCC1)C1CCCCC1. The lowest BCUT2D eigenvalue weighted by Crippen LogP contribution is -2.21. The number of rotatable bonds is 5. The average molecular weight is 248 g/mol. The molecule has 2 rings (SSSR count). The molecule has 0 aliphatic heterocycles. The summed E-state index contributed by atoms with van der Waals surface area (Å²) in [4.78, 5) is 0. The van der Waals surface area contributed by atoms with Gasteiger partial charge in [0.2, 0.25) is 0 Å². The highest BCUT2D eigenvalue weighted by molar-refractivity contribution is 4.86. The van der Waals surface area contributed by atoms with E-state index in [4.69, 9.17) is 0 Å².